The van der Waals surface area contributed by atoms with Crippen molar-refractivity contribution in [3.63, 3.8) is 0 Å². The van der Waals surface area contributed by atoms with Crippen LogP contribution in [0.25, 0.3) is 44.2 Å². The molecular weight excluding hydrogens is 434 g/mol. The van der Waals surface area contributed by atoms with E-state index in [0.717, 1.165) is 38.5 Å². The highest BCUT2D eigenvalue weighted by molar-refractivity contribution is 7.19. The van der Waals surface area contributed by atoms with Crippen molar-refractivity contribution in [2.45, 2.75) is 38.5 Å². The minimum atomic E-state index is -0.360. The summed E-state index contributed by atoms with van der Waals surface area (Å²) >= 11 is 0. The largest absolute Gasteiger partial charge is 0.456 e. The van der Waals surface area contributed by atoms with Crippen LogP contribution >= 0.6 is 9.24 Å². The molecule has 2 nitrogen and oxygen atoms in total. The number of para-hydroxylation sites is 1. The number of rotatable bonds is 6. The van der Waals surface area contributed by atoms with Crippen LogP contribution < -0.4 is 5.46 Å². The van der Waals surface area contributed by atoms with E-state index in [-0.39, 0.29) is 10.8 Å². The molecule has 34 heavy (non-hydrogen) atoms. The molecule has 0 saturated heterocycles. The number of benzene rings is 4. The number of hydrogen-bond acceptors (Lipinski definition) is 2. The summed E-state index contributed by atoms with van der Waals surface area (Å²) in [5, 5.41) is 2.11. The minimum Gasteiger partial charge on any atom is -0.456 e. The van der Waals surface area contributed by atoms with Gasteiger partial charge in [-0.15, -0.1) is 9.24 Å². The number of fused-ring (bicyclic) bond motifs is 3. The quantitative estimate of drug-likeness (QED) is 0.191. The summed E-state index contributed by atoms with van der Waals surface area (Å²) in [5.74, 6) is 0. The second-order valence-electron chi connectivity index (χ2n) is 9.93. The molecule has 4 heteroatoms. The normalized spacial score (nSPS) is 12.4. The molecule has 0 aliphatic rings. The lowest BCUT2D eigenvalue weighted by Gasteiger charge is -2.38. The van der Waals surface area contributed by atoms with Gasteiger partial charge in [0, 0.05) is 21.5 Å². The Labute approximate surface area is 204 Å². The van der Waals surface area contributed by atoms with Gasteiger partial charge in [-0.25, -0.2) is 0 Å². The van der Waals surface area contributed by atoms with Crippen LogP contribution in [0.5, 0.6) is 0 Å². The third kappa shape index (κ3) is 4.20. The van der Waals surface area contributed by atoms with Crippen LogP contribution in [-0.4, -0.2) is 18.2 Å². The van der Waals surface area contributed by atoms with Crippen LogP contribution in [0.3, 0.4) is 0 Å². The highest BCUT2D eigenvalue weighted by atomic mass is 31.0. The summed E-state index contributed by atoms with van der Waals surface area (Å²) < 4.78 is 12.9. The van der Waals surface area contributed by atoms with Crippen molar-refractivity contribution in [2.24, 2.45) is 0 Å². The summed E-state index contributed by atoms with van der Waals surface area (Å²) in [4.78, 5) is 0. The summed E-state index contributed by atoms with van der Waals surface area (Å²) in [5.41, 5.74) is 6.91. The molecular formula is C30H29BO2P. The molecule has 0 amide bonds. The molecule has 5 aromatic rings. The molecule has 0 aliphatic heterocycles. The summed E-state index contributed by atoms with van der Waals surface area (Å²) in [7, 11) is 4.73. The third-order valence-corrected chi connectivity index (χ3v) is 7.55. The zero-order valence-electron chi connectivity index (χ0n) is 20.1. The molecule has 0 bridgehead atoms. The molecule has 0 spiro atoms. The number of hydrogen-bond donors (Lipinski definition) is 0. The molecule has 4 aromatic carbocycles. The fraction of sp³-hybridized carbons (Fsp3) is 0.200. The molecule has 1 unspecified atom stereocenters. The Morgan fingerprint density at radius 1 is 0.676 bits per heavy atom. The standard InChI is InChI=1S/C30H29BO2P/c1-29(2,30(3,4)34)33-31-26-17-11-16-23-25-19-22(20-12-7-5-8-13-20)18-24(27(25)32-28(23)26)21-14-9-6-10-15-21/h5-19H,34H2,1-4H3. The van der Waals surface area contributed by atoms with E-state index in [4.69, 9.17) is 9.07 Å². The summed E-state index contributed by atoms with van der Waals surface area (Å²) in [6.07, 6.45) is 0. The molecule has 1 heterocycles. The molecule has 1 aromatic heterocycles. The SMILES string of the molecule is CC(C)(P)C(C)(C)O[B]c1cccc2c1oc1c(-c3ccccc3)cc(-c3ccccc3)cc12. The first-order valence-corrected chi connectivity index (χ1v) is 12.2. The second-order valence-corrected chi connectivity index (χ2v) is 11.4. The van der Waals surface area contributed by atoms with Crippen LogP contribution in [0, 0.1) is 0 Å². The molecule has 1 atom stereocenters. The van der Waals surface area contributed by atoms with E-state index in [1.165, 1.54) is 11.1 Å². The highest BCUT2D eigenvalue weighted by Crippen LogP contribution is 2.39. The van der Waals surface area contributed by atoms with Gasteiger partial charge in [-0.2, -0.15) is 0 Å². The summed E-state index contributed by atoms with van der Waals surface area (Å²) in [6, 6.07) is 31.7. The average molecular weight is 463 g/mol. The van der Waals surface area contributed by atoms with Gasteiger partial charge in [-0.05, 0) is 48.1 Å². The molecule has 0 aliphatic carbocycles. The average Bonchev–Trinajstić information content (AvgIpc) is 3.22. The van der Waals surface area contributed by atoms with Crippen molar-refractivity contribution in [2.75, 3.05) is 0 Å². The van der Waals surface area contributed by atoms with E-state index in [1.807, 2.05) is 19.6 Å². The maximum atomic E-state index is 6.59. The molecule has 169 valence electrons. The van der Waals surface area contributed by atoms with Crippen LogP contribution in [0.1, 0.15) is 27.7 Å². The predicted molar refractivity (Wildman–Crippen MR) is 149 cm³/mol. The fourth-order valence-corrected chi connectivity index (χ4v) is 4.07. The smallest absolute Gasteiger partial charge is 0.334 e. The Balaban J connectivity index is 1.70. The van der Waals surface area contributed by atoms with Crippen molar-refractivity contribution >= 4 is 44.1 Å². The van der Waals surface area contributed by atoms with E-state index in [2.05, 4.69) is 116 Å². The molecule has 0 N–H and O–H groups in total. The van der Waals surface area contributed by atoms with Gasteiger partial charge in [-0.1, -0.05) is 92.7 Å². The van der Waals surface area contributed by atoms with Gasteiger partial charge in [0.1, 0.15) is 11.2 Å². The topological polar surface area (TPSA) is 22.4 Å². The van der Waals surface area contributed by atoms with Crippen molar-refractivity contribution < 1.29 is 9.07 Å². The van der Waals surface area contributed by atoms with Gasteiger partial charge in [0.25, 0.3) is 0 Å². The van der Waals surface area contributed by atoms with Crippen LogP contribution in [-0.2, 0) is 4.65 Å². The maximum absolute atomic E-state index is 6.59. The van der Waals surface area contributed by atoms with E-state index in [0.29, 0.717) is 0 Å². The first-order chi connectivity index (χ1) is 16.2. The Morgan fingerprint density at radius 3 is 1.97 bits per heavy atom. The lowest BCUT2D eigenvalue weighted by molar-refractivity contribution is 0.0841. The monoisotopic (exact) mass is 463 g/mol. The zero-order valence-corrected chi connectivity index (χ0v) is 21.3. The Kier molecular flexibility index (Phi) is 5.88. The van der Waals surface area contributed by atoms with Gasteiger partial charge < -0.3 is 9.07 Å². The zero-order chi connectivity index (χ0) is 23.9. The van der Waals surface area contributed by atoms with Gasteiger partial charge >= 0.3 is 7.48 Å². The highest BCUT2D eigenvalue weighted by Gasteiger charge is 2.34. The fourth-order valence-electron chi connectivity index (χ4n) is 4.01. The van der Waals surface area contributed by atoms with Crippen molar-refractivity contribution in [1.82, 2.24) is 0 Å². The third-order valence-electron chi connectivity index (χ3n) is 6.85. The number of furan rings is 1. The first-order valence-electron chi connectivity index (χ1n) is 11.6. The van der Waals surface area contributed by atoms with Gasteiger partial charge in [0.15, 0.2) is 0 Å². The van der Waals surface area contributed by atoms with E-state index < -0.39 is 0 Å². The van der Waals surface area contributed by atoms with Gasteiger partial charge in [0.05, 0.1) is 5.60 Å². The maximum Gasteiger partial charge on any atom is 0.334 e. The van der Waals surface area contributed by atoms with Crippen molar-refractivity contribution in [1.29, 1.82) is 0 Å². The molecule has 5 rings (SSSR count). The lowest BCUT2D eigenvalue weighted by atomic mass is 9.83. The van der Waals surface area contributed by atoms with E-state index in [1.54, 1.807) is 0 Å². The second kappa shape index (κ2) is 8.73. The van der Waals surface area contributed by atoms with E-state index >= 15 is 0 Å². The predicted octanol–water partition coefficient (Wildman–Crippen LogP) is 7.61. The van der Waals surface area contributed by atoms with Crippen molar-refractivity contribution in [3.05, 3.63) is 91.0 Å². The minimum absolute atomic E-state index is 0.0870. The Morgan fingerprint density at radius 2 is 1.32 bits per heavy atom. The lowest BCUT2D eigenvalue weighted by Crippen LogP contribution is -2.45. The Bertz CT molecular complexity index is 1450. The van der Waals surface area contributed by atoms with Crippen LogP contribution in [0.2, 0.25) is 0 Å². The molecule has 1 radical (unpaired) electrons. The van der Waals surface area contributed by atoms with Crippen LogP contribution in [0.15, 0.2) is 95.4 Å². The van der Waals surface area contributed by atoms with Crippen LogP contribution in [0.4, 0.5) is 0 Å². The van der Waals surface area contributed by atoms with E-state index in [9.17, 15) is 0 Å². The van der Waals surface area contributed by atoms with Gasteiger partial charge in [-0.3, -0.25) is 0 Å². The summed E-state index contributed by atoms with van der Waals surface area (Å²) in [6.45, 7) is 8.53. The molecule has 0 fully saturated rings. The first kappa shape index (κ1) is 22.9. The van der Waals surface area contributed by atoms with Gasteiger partial charge in [0.2, 0.25) is 0 Å². The molecule has 0 saturated carbocycles. The van der Waals surface area contributed by atoms with Crippen molar-refractivity contribution in [3.8, 4) is 22.3 Å². The Hall–Kier alpha value is -2.87.